The zero-order valence-corrected chi connectivity index (χ0v) is 8.31. The number of carbonyl (C=O) groups excluding carboxylic acids is 1. The first-order valence-electron chi connectivity index (χ1n) is 4.97. The van der Waals surface area contributed by atoms with Crippen LogP contribution in [0.25, 0.3) is 0 Å². The first-order valence-corrected chi connectivity index (χ1v) is 4.97. The Kier molecular flexibility index (Phi) is 2.70. The van der Waals surface area contributed by atoms with Crippen molar-refractivity contribution in [2.75, 3.05) is 6.54 Å². The number of nitrogens with one attached hydrogen (secondary N) is 1. The molecule has 0 aromatic heterocycles. The summed E-state index contributed by atoms with van der Waals surface area (Å²) < 4.78 is 0. The molecule has 4 N–H and O–H groups in total. The lowest BCUT2D eigenvalue weighted by atomic mass is 10.1. The Morgan fingerprint density at radius 3 is 3.00 bits per heavy atom. The van der Waals surface area contributed by atoms with Gasteiger partial charge in [0.2, 0.25) is 5.91 Å². The van der Waals surface area contributed by atoms with Crippen LogP contribution in [0.1, 0.15) is 17.2 Å². The van der Waals surface area contributed by atoms with Crippen LogP contribution in [-0.4, -0.2) is 23.7 Å². The molecule has 0 heterocycles. The van der Waals surface area contributed by atoms with Crippen LogP contribution in [0.15, 0.2) is 24.3 Å². The summed E-state index contributed by atoms with van der Waals surface area (Å²) in [6.45, 7) is -0.0502. The van der Waals surface area contributed by atoms with Crippen molar-refractivity contribution in [1.82, 2.24) is 5.32 Å². The standard InChI is InChI=1S/C11H14N2O2/c12-6-10(15)13-11-8-4-2-1-3-7(8)5-9(11)14/h1-4,9,11,14H,5-6,12H2,(H,13,15)/t9-,11+/m1/s1. The molecule has 1 amide bonds. The molecule has 15 heavy (non-hydrogen) atoms. The van der Waals surface area contributed by atoms with Gasteiger partial charge in [0.15, 0.2) is 0 Å². The number of nitrogens with two attached hydrogens (primary N) is 1. The molecule has 0 saturated carbocycles. The van der Waals surface area contributed by atoms with Crippen LogP contribution in [0.4, 0.5) is 0 Å². The fourth-order valence-corrected chi connectivity index (χ4v) is 1.98. The van der Waals surface area contributed by atoms with Gasteiger partial charge in [0.1, 0.15) is 0 Å². The van der Waals surface area contributed by atoms with E-state index in [1.54, 1.807) is 0 Å². The third-order valence-corrected chi connectivity index (χ3v) is 2.71. The lowest BCUT2D eigenvalue weighted by Crippen LogP contribution is -2.37. The van der Waals surface area contributed by atoms with Gasteiger partial charge >= 0.3 is 0 Å². The third kappa shape index (κ3) is 1.86. The van der Waals surface area contributed by atoms with Gasteiger partial charge in [-0.3, -0.25) is 4.79 Å². The Bertz CT molecular complexity index is 379. The van der Waals surface area contributed by atoms with Crippen molar-refractivity contribution >= 4 is 5.91 Å². The predicted octanol–water partition coefficient (Wildman–Crippen LogP) is -0.280. The molecule has 1 aromatic rings. The van der Waals surface area contributed by atoms with Crippen LogP contribution >= 0.6 is 0 Å². The molecule has 80 valence electrons. The van der Waals surface area contributed by atoms with Crippen molar-refractivity contribution < 1.29 is 9.90 Å². The highest BCUT2D eigenvalue weighted by atomic mass is 16.3. The fraction of sp³-hybridized carbons (Fsp3) is 0.364. The minimum absolute atomic E-state index is 0.0502. The smallest absolute Gasteiger partial charge is 0.234 e. The van der Waals surface area contributed by atoms with Gasteiger partial charge in [-0.1, -0.05) is 24.3 Å². The summed E-state index contributed by atoms with van der Waals surface area (Å²) >= 11 is 0. The predicted molar refractivity (Wildman–Crippen MR) is 56.1 cm³/mol. The molecule has 0 saturated heterocycles. The van der Waals surface area contributed by atoms with Gasteiger partial charge in [-0.25, -0.2) is 0 Å². The van der Waals surface area contributed by atoms with E-state index < -0.39 is 6.10 Å². The molecule has 0 radical (unpaired) electrons. The SMILES string of the molecule is NCC(=O)N[C@H]1c2ccccc2C[C@H]1O. The lowest BCUT2D eigenvalue weighted by molar-refractivity contribution is -0.121. The minimum atomic E-state index is -0.544. The van der Waals surface area contributed by atoms with E-state index in [-0.39, 0.29) is 18.5 Å². The van der Waals surface area contributed by atoms with E-state index in [0.29, 0.717) is 6.42 Å². The average molecular weight is 206 g/mol. The fourth-order valence-electron chi connectivity index (χ4n) is 1.98. The van der Waals surface area contributed by atoms with Crippen LogP contribution in [0.5, 0.6) is 0 Å². The largest absolute Gasteiger partial charge is 0.390 e. The molecule has 2 rings (SSSR count). The number of aliphatic hydroxyl groups is 1. The summed E-state index contributed by atoms with van der Waals surface area (Å²) in [6.07, 6.45) is 0.0454. The molecule has 0 fully saturated rings. The lowest BCUT2D eigenvalue weighted by Gasteiger charge is -2.17. The van der Waals surface area contributed by atoms with Gasteiger partial charge in [0, 0.05) is 6.42 Å². The van der Waals surface area contributed by atoms with E-state index in [2.05, 4.69) is 5.32 Å². The molecule has 2 atom stereocenters. The quantitative estimate of drug-likeness (QED) is 0.623. The van der Waals surface area contributed by atoms with Crippen molar-refractivity contribution in [3.8, 4) is 0 Å². The van der Waals surface area contributed by atoms with Crippen molar-refractivity contribution in [1.29, 1.82) is 0 Å². The van der Waals surface area contributed by atoms with Crippen LogP contribution in [-0.2, 0) is 11.2 Å². The number of carbonyl (C=O) groups is 1. The van der Waals surface area contributed by atoms with Crippen molar-refractivity contribution in [3.63, 3.8) is 0 Å². The Morgan fingerprint density at radius 2 is 2.27 bits per heavy atom. The van der Waals surface area contributed by atoms with E-state index in [9.17, 15) is 9.90 Å². The summed E-state index contributed by atoms with van der Waals surface area (Å²) in [6, 6.07) is 7.41. The Labute approximate surface area is 88.1 Å². The normalized spacial score (nSPS) is 23.6. The minimum Gasteiger partial charge on any atom is -0.390 e. The molecule has 0 unspecified atom stereocenters. The molecule has 1 aliphatic carbocycles. The third-order valence-electron chi connectivity index (χ3n) is 2.71. The van der Waals surface area contributed by atoms with Gasteiger partial charge in [0.05, 0.1) is 18.7 Å². The highest BCUT2D eigenvalue weighted by Crippen LogP contribution is 2.30. The van der Waals surface area contributed by atoms with E-state index in [1.807, 2.05) is 24.3 Å². The number of hydrogen-bond acceptors (Lipinski definition) is 3. The maximum absolute atomic E-state index is 11.2. The molecular weight excluding hydrogens is 192 g/mol. The summed E-state index contributed by atoms with van der Waals surface area (Å²) in [7, 11) is 0. The number of fused-ring (bicyclic) bond motifs is 1. The molecule has 1 aliphatic rings. The summed E-state index contributed by atoms with van der Waals surface area (Å²) in [5.74, 6) is -0.240. The average Bonchev–Trinajstić information content (AvgIpc) is 2.55. The monoisotopic (exact) mass is 206 g/mol. The highest BCUT2D eigenvalue weighted by Gasteiger charge is 2.31. The molecule has 0 bridgehead atoms. The summed E-state index contributed by atoms with van der Waals surface area (Å²) in [5.41, 5.74) is 7.30. The van der Waals surface area contributed by atoms with E-state index in [4.69, 9.17) is 5.73 Å². The first kappa shape index (κ1) is 10.1. The van der Waals surface area contributed by atoms with Crippen LogP contribution in [0.2, 0.25) is 0 Å². The van der Waals surface area contributed by atoms with Gasteiger partial charge in [-0.2, -0.15) is 0 Å². The molecular formula is C11H14N2O2. The zero-order chi connectivity index (χ0) is 10.8. The Balaban J connectivity index is 2.22. The Morgan fingerprint density at radius 1 is 1.53 bits per heavy atom. The number of hydrogen-bond donors (Lipinski definition) is 3. The number of benzene rings is 1. The molecule has 1 aromatic carbocycles. The van der Waals surface area contributed by atoms with Crippen molar-refractivity contribution in [2.45, 2.75) is 18.6 Å². The first-order chi connectivity index (χ1) is 7.22. The van der Waals surface area contributed by atoms with Crippen molar-refractivity contribution in [3.05, 3.63) is 35.4 Å². The maximum atomic E-state index is 11.2. The Hall–Kier alpha value is -1.39. The zero-order valence-electron chi connectivity index (χ0n) is 8.31. The molecule has 0 spiro atoms. The summed E-state index contributed by atoms with van der Waals surface area (Å²) in [5, 5.41) is 12.5. The number of rotatable bonds is 2. The topological polar surface area (TPSA) is 75.4 Å². The second-order valence-electron chi connectivity index (χ2n) is 3.72. The molecule has 4 nitrogen and oxygen atoms in total. The van der Waals surface area contributed by atoms with Gasteiger partial charge in [0.25, 0.3) is 0 Å². The second kappa shape index (κ2) is 4.00. The van der Waals surface area contributed by atoms with Gasteiger partial charge < -0.3 is 16.2 Å². The highest BCUT2D eigenvalue weighted by molar-refractivity contribution is 5.78. The maximum Gasteiger partial charge on any atom is 0.234 e. The molecule has 0 aliphatic heterocycles. The van der Waals surface area contributed by atoms with Crippen molar-refractivity contribution in [2.24, 2.45) is 5.73 Å². The van der Waals surface area contributed by atoms with Gasteiger partial charge in [-0.05, 0) is 11.1 Å². The van der Waals surface area contributed by atoms with E-state index in [0.717, 1.165) is 11.1 Å². The van der Waals surface area contributed by atoms with Gasteiger partial charge in [-0.15, -0.1) is 0 Å². The summed E-state index contributed by atoms with van der Waals surface area (Å²) in [4.78, 5) is 11.2. The van der Waals surface area contributed by atoms with Crippen LogP contribution < -0.4 is 11.1 Å². The van der Waals surface area contributed by atoms with E-state index >= 15 is 0 Å². The van der Waals surface area contributed by atoms with Crippen LogP contribution in [0.3, 0.4) is 0 Å². The molecule has 4 heteroatoms. The number of aliphatic hydroxyl groups excluding tert-OH is 1. The van der Waals surface area contributed by atoms with E-state index in [1.165, 1.54) is 0 Å². The number of amides is 1. The second-order valence-corrected chi connectivity index (χ2v) is 3.72. The van der Waals surface area contributed by atoms with Crippen LogP contribution in [0, 0.1) is 0 Å².